The zero-order valence-electron chi connectivity index (χ0n) is 19.5. The van der Waals surface area contributed by atoms with Gasteiger partial charge >= 0.3 is 5.97 Å². The molecule has 0 saturated carbocycles. The van der Waals surface area contributed by atoms with Gasteiger partial charge in [0.05, 0.1) is 19.3 Å². The van der Waals surface area contributed by atoms with Crippen LogP contribution in [0.25, 0.3) is 0 Å². The van der Waals surface area contributed by atoms with E-state index >= 15 is 0 Å². The molecule has 0 amide bonds. The Bertz CT molecular complexity index is 442. The van der Waals surface area contributed by atoms with Gasteiger partial charge in [-0.2, -0.15) is 0 Å². The van der Waals surface area contributed by atoms with E-state index in [0.717, 1.165) is 0 Å². The molecule has 0 aromatic heterocycles. The van der Waals surface area contributed by atoms with Crippen molar-refractivity contribution in [2.75, 3.05) is 33.9 Å². The lowest BCUT2D eigenvalue weighted by Gasteiger charge is -2.29. The maximum Gasteiger partial charge on any atom is 0.310 e. The Kier molecular flexibility index (Phi) is 11.2. The number of ether oxygens (including phenoxy) is 1. The standard InChI is InChI=1S/C18H43NO5Si3/c1-19(2)17(18(20)24-27(9,10)11)12-13-21-14-16(23-26(6,7)8)15-22-25(3,4)5/h16-17H,12-15H2,1-11H3/t16-,17+/m1/s1. The molecule has 0 saturated heterocycles. The van der Waals surface area contributed by atoms with Gasteiger partial charge in [-0.15, -0.1) is 0 Å². The van der Waals surface area contributed by atoms with Crippen LogP contribution in [0.2, 0.25) is 58.9 Å². The molecule has 0 N–H and O–H groups in total. The third kappa shape index (κ3) is 15.5. The fourth-order valence-electron chi connectivity index (χ4n) is 2.33. The Labute approximate surface area is 170 Å². The van der Waals surface area contributed by atoms with Crippen molar-refractivity contribution < 1.29 is 22.8 Å². The third-order valence-corrected chi connectivity index (χ3v) is 6.25. The predicted molar refractivity (Wildman–Crippen MR) is 120 cm³/mol. The molecule has 0 radical (unpaired) electrons. The van der Waals surface area contributed by atoms with Crippen LogP contribution >= 0.6 is 0 Å². The van der Waals surface area contributed by atoms with E-state index in [1.807, 2.05) is 38.6 Å². The van der Waals surface area contributed by atoms with Crippen molar-refractivity contribution in [1.82, 2.24) is 4.90 Å². The minimum atomic E-state index is -1.89. The van der Waals surface area contributed by atoms with E-state index in [9.17, 15) is 4.79 Å². The van der Waals surface area contributed by atoms with Gasteiger partial charge in [-0.1, -0.05) is 0 Å². The van der Waals surface area contributed by atoms with Crippen molar-refractivity contribution in [2.45, 2.75) is 77.5 Å². The first kappa shape index (κ1) is 27.0. The smallest absolute Gasteiger partial charge is 0.310 e. The quantitative estimate of drug-likeness (QED) is 0.323. The Morgan fingerprint density at radius 2 is 1.41 bits per heavy atom. The van der Waals surface area contributed by atoms with Crippen LogP contribution in [-0.2, 0) is 22.8 Å². The number of hydrogen-bond acceptors (Lipinski definition) is 6. The minimum absolute atomic E-state index is 0.0601. The maximum absolute atomic E-state index is 12.4. The van der Waals surface area contributed by atoms with Gasteiger partial charge in [-0.3, -0.25) is 9.69 Å². The molecule has 9 heteroatoms. The summed E-state index contributed by atoms with van der Waals surface area (Å²) in [6, 6.07) is -0.286. The lowest BCUT2D eigenvalue weighted by atomic mass is 10.2. The Morgan fingerprint density at radius 3 is 1.81 bits per heavy atom. The highest BCUT2D eigenvalue weighted by Crippen LogP contribution is 2.13. The average Bonchev–Trinajstić information content (AvgIpc) is 2.39. The van der Waals surface area contributed by atoms with E-state index in [2.05, 4.69) is 39.3 Å². The summed E-state index contributed by atoms with van der Waals surface area (Å²) >= 11 is 0. The SMILES string of the molecule is CN(C)[C@@H](CCOC[C@H](CO[Si](C)(C)C)O[Si](C)(C)C)C(=O)O[Si](C)(C)C. The number of hydrogen-bond donors (Lipinski definition) is 0. The molecule has 27 heavy (non-hydrogen) atoms. The number of carbonyl (C=O) groups is 1. The van der Waals surface area contributed by atoms with Crippen molar-refractivity contribution in [2.24, 2.45) is 0 Å². The largest absolute Gasteiger partial charge is 0.519 e. The van der Waals surface area contributed by atoms with Crippen molar-refractivity contribution in [3.8, 4) is 0 Å². The van der Waals surface area contributed by atoms with Gasteiger partial charge in [-0.05, 0) is 79.4 Å². The van der Waals surface area contributed by atoms with Crippen LogP contribution in [-0.4, -0.2) is 81.9 Å². The summed E-state index contributed by atoms with van der Waals surface area (Å²) in [4.78, 5) is 14.3. The van der Waals surface area contributed by atoms with Gasteiger partial charge in [0.2, 0.25) is 8.32 Å². The van der Waals surface area contributed by atoms with E-state index in [1.54, 1.807) is 0 Å². The molecule has 0 spiro atoms. The van der Waals surface area contributed by atoms with Gasteiger partial charge in [0.15, 0.2) is 16.6 Å². The molecule has 0 bridgehead atoms. The highest BCUT2D eigenvalue weighted by Gasteiger charge is 2.28. The van der Waals surface area contributed by atoms with Crippen molar-refractivity contribution >= 4 is 30.9 Å². The summed E-state index contributed by atoms with van der Waals surface area (Å²) in [6.07, 6.45) is 0.542. The second kappa shape index (κ2) is 11.2. The summed E-state index contributed by atoms with van der Waals surface area (Å²) in [5.74, 6) is -0.153. The fourth-order valence-corrected chi connectivity index (χ4v) is 4.89. The molecule has 0 aliphatic heterocycles. The van der Waals surface area contributed by atoms with Crippen molar-refractivity contribution in [1.29, 1.82) is 0 Å². The summed E-state index contributed by atoms with van der Waals surface area (Å²) in [6.45, 7) is 20.6. The Morgan fingerprint density at radius 1 is 0.852 bits per heavy atom. The first-order valence-corrected chi connectivity index (χ1v) is 20.0. The minimum Gasteiger partial charge on any atom is -0.519 e. The highest BCUT2D eigenvalue weighted by molar-refractivity contribution is 6.71. The summed E-state index contributed by atoms with van der Waals surface area (Å²) < 4.78 is 23.8. The summed E-state index contributed by atoms with van der Waals surface area (Å²) in [5.41, 5.74) is 0. The molecule has 0 aliphatic rings. The lowest BCUT2D eigenvalue weighted by molar-refractivity contribution is -0.141. The summed E-state index contributed by atoms with van der Waals surface area (Å²) in [7, 11) is -1.38. The van der Waals surface area contributed by atoms with Gasteiger partial charge in [0, 0.05) is 6.61 Å². The van der Waals surface area contributed by atoms with E-state index in [1.165, 1.54) is 0 Å². The molecule has 0 fully saturated rings. The monoisotopic (exact) mass is 437 g/mol. The average molecular weight is 438 g/mol. The maximum atomic E-state index is 12.4. The number of carbonyl (C=O) groups excluding carboxylic acids is 1. The van der Waals surface area contributed by atoms with Crippen LogP contribution in [0.15, 0.2) is 0 Å². The molecule has 162 valence electrons. The molecule has 0 aromatic rings. The molecule has 0 heterocycles. The Balaban J connectivity index is 4.59. The van der Waals surface area contributed by atoms with Gasteiger partial charge in [0.25, 0.3) is 0 Å². The van der Waals surface area contributed by atoms with Crippen LogP contribution in [0, 0.1) is 0 Å². The molecular weight excluding hydrogens is 394 g/mol. The molecule has 0 aromatic carbocycles. The molecule has 0 unspecified atom stereocenters. The predicted octanol–water partition coefficient (Wildman–Crippen LogP) is 3.77. The molecule has 0 aliphatic carbocycles. The molecule has 0 rings (SSSR count). The van der Waals surface area contributed by atoms with Crippen LogP contribution in [0.5, 0.6) is 0 Å². The molecular formula is C18H43NO5Si3. The van der Waals surface area contributed by atoms with E-state index in [4.69, 9.17) is 18.0 Å². The lowest BCUT2D eigenvalue weighted by Crippen LogP contribution is -2.43. The van der Waals surface area contributed by atoms with Crippen molar-refractivity contribution in [3.63, 3.8) is 0 Å². The van der Waals surface area contributed by atoms with Crippen LogP contribution < -0.4 is 0 Å². The first-order valence-electron chi connectivity index (χ1n) is 9.79. The fraction of sp³-hybridized carbons (Fsp3) is 0.944. The van der Waals surface area contributed by atoms with Crippen LogP contribution in [0.4, 0.5) is 0 Å². The Hall–Kier alpha value is -0.0394. The topological polar surface area (TPSA) is 57.2 Å². The van der Waals surface area contributed by atoms with E-state index in [-0.39, 0.29) is 18.1 Å². The number of nitrogens with zero attached hydrogens (tertiary/aromatic N) is 1. The van der Waals surface area contributed by atoms with E-state index in [0.29, 0.717) is 26.2 Å². The summed E-state index contributed by atoms with van der Waals surface area (Å²) in [5, 5.41) is 0. The van der Waals surface area contributed by atoms with Gasteiger partial charge < -0.3 is 18.0 Å². The normalized spacial score (nSPS) is 15.7. The zero-order chi connectivity index (χ0) is 21.5. The molecule has 2 atom stereocenters. The third-order valence-electron chi connectivity index (χ3n) is 3.36. The number of rotatable bonds is 13. The van der Waals surface area contributed by atoms with Crippen LogP contribution in [0.3, 0.4) is 0 Å². The zero-order valence-corrected chi connectivity index (χ0v) is 22.5. The highest BCUT2D eigenvalue weighted by atomic mass is 28.4. The van der Waals surface area contributed by atoms with Gasteiger partial charge in [0.1, 0.15) is 6.04 Å². The number of likely N-dealkylation sites (N-methyl/N-ethyl adjacent to an activating group) is 1. The second-order valence-corrected chi connectivity index (χ2v) is 23.6. The van der Waals surface area contributed by atoms with Crippen LogP contribution in [0.1, 0.15) is 6.42 Å². The second-order valence-electron chi connectivity index (χ2n) is 10.2. The first-order chi connectivity index (χ1) is 12.0. The van der Waals surface area contributed by atoms with Gasteiger partial charge in [-0.25, -0.2) is 0 Å². The van der Waals surface area contributed by atoms with E-state index < -0.39 is 25.0 Å². The molecule has 6 nitrogen and oxygen atoms in total. The van der Waals surface area contributed by atoms with Crippen molar-refractivity contribution in [3.05, 3.63) is 0 Å².